The SMILES string of the molecule is O=C1C=C(N2CCCC2)C2ON=C(c3c(Cl)cccc3Cl)C12. The molecule has 2 aliphatic heterocycles. The van der Waals surface area contributed by atoms with E-state index in [1.807, 2.05) is 0 Å². The van der Waals surface area contributed by atoms with E-state index in [2.05, 4.69) is 10.1 Å². The van der Waals surface area contributed by atoms with Crippen molar-refractivity contribution in [1.29, 1.82) is 0 Å². The van der Waals surface area contributed by atoms with Gasteiger partial charge in [0.1, 0.15) is 11.6 Å². The first-order chi connectivity index (χ1) is 10.7. The maximum atomic E-state index is 12.5. The summed E-state index contributed by atoms with van der Waals surface area (Å²) in [5.41, 5.74) is 2.08. The lowest BCUT2D eigenvalue weighted by Crippen LogP contribution is -2.31. The quantitative estimate of drug-likeness (QED) is 0.832. The molecule has 2 heterocycles. The summed E-state index contributed by atoms with van der Waals surface area (Å²) in [5.74, 6) is -0.424. The Morgan fingerprint density at radius 3 is 2.55 bits per heavy atom. The van der Waals surface area contributed by atoms with Gasteiger partial charge in [-0.15, -0.1) is 0 Å². The van der Waals surface area contributed by atoms with E-state index in [0.717, 1.165) is 31.6 Å². The standard InChI is InChI=1S/C16H14Cl2N2O2/c17-9-4-3-5-10(18)13(9)15-14-12(21)8-11(16(14)22-19-15)20-6-1-2-7-20/h3-5,8,14,16H,1-2,6-7H2. The fourth-order valence-corrected chi connectivity index (χ4v) is 3.98. The van der Waals surface area contributed by atoms with Gasteiger partial charge in [0.25, 0.3) is 0 Å². The van der Waals surface area contributed by atoms with Gasteiger partial charge in [0.2, 0.25) is 0 Å². The zero-order valence-electron chi connectivity index (χ0n) is 11.8. The zero-order valence-corrected chi connectivity index (χ0v) is 13.3. The van der Waals surface area contributed by atoms with Crippen molar-refractivity contribution >= 4 is 34.7 Å². The summed E-state index contributed by atoms with van der Waals surface area (Å²) in [6.45, 7) is 1.93. The van der Waals surface area contributed by atoms with Gasteiger partial charge in [-0.1, -0.05) is 34.4 Å². The molecule has 114 valence electrons. The lowest BCUT2D eigenvalue weighted by molar-refractivity contribution is -0.117. The minimum absolute atomic E-state index is 0.0131. The molecule has 4 nitrogen and oxygen atoms in total. The number of likely N-dealkylation sites (tertiary alicyclic amines) is 1. The molecule has 0 aromatic heterocycles. The Kier molecular flexibility index (Phi) is 3.39. The van der Waals surface area contributed by atoms with E-state index < -0.39 is 5.92 Å². The third kappa shape index (κ3) is 2.05. The average Bonchev–Trinajstić information content (AvgIpc) is 3.18. The zero-order chi connectivity index (χ0) is 15.3. The first-order valence-electron chi connectivity index (χ1n) is 7.35. The minimum Gasteiger partial charge on any atom is -0.385 e. The van der Waals surface area contributed by atoms with Crippen LogP contribution in [-0.2, 0) is 9.63 Å². The summed E-state index contributed by atoms with van der Waals surface area (Å²) in [6.07, 6.45) is 3.65. The van der Waals surface area contributed by atoms with Gasteiger partial charge in [0.15, 0.2) is 11.9 Å². The first-order valence-corrected chi connectivity index (χ1v) is 8.11. The fourth-order valence-electron chi connectivity index (χ4n) is 3.39. The van der Waals surface area contributed by atoms with Crippen LogP contribution in [0.4, 0.5) is 0 Å². The minimum atomic E-state index is -0.437. The molecular weight excluding hydrogens is 323 g/mol. The van der Waals surface area contributed by atoms with E-state index in [1.165, 1.54) is 0 Å². The Morgan fingerprint density at radius 1 is 1.18 bits per heavy atom. The molecule has 3 aliphatic rings. The van der Waals surface area contributed by atoms with Gasteiger partial charge in [0.05, 0.1) is 15.7 Å². The molecule has 1 aromatic carbocycles. The van der Waals surface area contributed by atoms with Gasteiger partial charge in [0, 0.05) is 24.7 Å². The van der Waals surface area contributed by atoms with E-state index in [9.17, 15) is 4.79 Å². The van der Waals surface area contributed by atoms with Crippen LogP contribution in [0.2, 0.25) is 10.0 Å². The molecule has 0 bridgehead atoms. The van der Waals surface area contributed by atoms with Crippen molar-refractivity contribution in [1.82, 2.24) is 4.90 Å². The smallest absolute Gasteiger partial charge is 0.182 e. The third-order valence-electron chi connectivity index (χ3n) is 4.44. The third-order valence-corrected chi connectivity index (χ3v) is 5.07. The Hall–Kier alpha value is -1.52. The van der Waals surface area contributed by atoms with Crippen LogP contribution < -0.4 is 0 Å². The number of oxime groups is 1. The molecule has 1 aromatic rings. The summed E-state index contributed by atoms with van der Waals surface area (Å²) in [5, 5.41) is 5.11. The second-order valence-electron chi connectivity index (χ2n) is 5.74. The number of nitrogens with zero attached hydrogens (tertiary/aromatic N) is 2. The topological polar surface area (TPSA) is 41.9 Å². The molecule has 0 radical (unpaired) electrons. The summed E-state index contributed by atoms with van der Waals surface area (Å²) in [4.78, 5) is 20.3. The van der Waals surface area contributed by atoms with Gasteiger partial charge in [-0.3, -0.25) is 4.79 Å². The van der Waals surface area contributed by atoms with Crippen molar-refractivity contribution in [2.24, 2.45) is 11.1 Å². The van der Waals surface area contributed by atoms with Crippen LogP contribution in [0.25, 0.3) is 0 Å². The highest BCUT2D eigenvalue weighted by molar-refractivity contribution is 6.41. The molecule has 22 heavy (non-hydrogen) atoms. The predicted molar refractivity (Wildman–Crippen MR) is 85.3 cm³/mol. The molecule has 0 saturated carbocycles. The number of ketones is 1. The molecule has 1 fully saturated rings. The molecule has 4 rings (SSSR count). The summed E-state index contributed by atoms with van der Waals surface area (Å²) in [7, 11) is 0. The molecule has 0 amide bonds. The molecule has 0 N–H and O–H groups in total. The van der Waals surface area contributed by atoms with E-state index in [4.69, 9.17) is 28.0 Å². The molecule has 6 heteroatoms. The van der Waals surface area contributed by atoms with Crippen LogP contribution in [0.1, 0.15) is 18.4 Å². The highest BCUT2D eigenvalue weighted by Crippen LogP contribution is 2.39. The summed E-state index contributed by atoms with van der Waals surface area (Å²) in [6, 6.07) is 5.26. The van der Waals surface area contributed by atoms with Crippen molar-refractivity contribution in [3.63, 3.8) is 0 Å². The Balaban J connectivity index is 1.68. The van der Waals surface area contributed by atoms with Crippen LogP contribution in [0.3, 0.4) is 0 Å². The van der Waals surface area contributed by atoms with Crippen LogP contribution in [0, 0.1) is 5.92 Å². The van der Waals surface area contributed by atoms with E-state index in [-0.39, 0.29) is 11.9 Å². The largest absolute Gasteiger partial charge is 0.385 e. The lowest BCUT2D eigenvalue weighted by Gasteiger charge is -2.22. The van der Waals surface area contributed by atoms with Crippen molar-refractivity contribution < 1.29 is 9.63 Å². The number of hydrogen-bond acceptors (Lipinski definition) is 4. The Morgan fingerprint density at radius 2 is 1.86 bits per heavy atom. The van der Waals surface area contributed by atoms with Gasteiger partial charge < -0.3 is 9.74 Å². The van der Waals surface area contributed by atoms with Gasteiger partial charge in [-0.2, -0.15) is 0 Å². The van der Waals surface area contributed by atoms with Crippen LogP contribution in [0.5, 0.6) is 0 Å². The summed E-state index contributed by atoms with van der Waals surface area (Å²) >= 11 is 12.5. The predicted octanol–water partition coefficient (Wildman–Crippen LogP) is 3.27. The molecule has 2 atom stereocenters. The Labute approximate surface area is 138 Å². The normalized spacial score (nSPS) is 26.8. The number of rotatable bonds is 2. The second-order valence-corrected chi connectivity index (χ2v) is 6.56. The maximum Gasteiger partial charge on any atom is 0.182 e. The average molecular weight is 337 g/mol. The Bertz CT molecular complexity index is 688. The molecule has 2 unspecified atom stereocenters. The molecule has 1 saturated heterocycles. The van der Waals surface area contributed by atoms with E-state index in [0.29, 0.717) is 21.3 Å². The number of carbonyl (C=O) groups is 1. The number of fused-ring (bicyclic) bond motifs is 1. The second kappa shape index (κ2) is 5.28. The van der Waals surface area contributed by atoms with Crippen LogP contribution in [0.15, 0.2) is 35.1 Å². The maximum absolute atomic E-state index is 12.5. The van der Waals surface area contributed by atoms with Gasteiger partial charge in [-0.05, 0) is 25.0 Å². The highest BCUT2D eigenvalue weighted by atomic mass is 35.5. The van der Waals surface area contributed by atoms with Crippen LogP contribution >= 0.6 is 23.2 Å². The fraction of sp³-hybridized carbons (Fsp3) is 0.375. The number of halogens is 2. The number of allylic oxidation sites excluding steroid dienone is 1. The van der Waals surface area contributed by atoms with E-state index in [1.54, 1.807) is 24.3 Å². The number of benzene rings is 1. The van der Waals surface area contributed by atoms with Gasteiger partial charge in [-0.25, -0.2) is 0 Å². The monoisotopic (exact) mass is 336 g/mol. The molecule has 1 aliphatic carbocycles. The number of hydrogen-bond donors (Lipinski definition) is 0. The summed E-state index contributed by atoms with van der Waals surface area (Å²) < 4.78 is 0. The van der Waals surface area contributed by atoms with Crippen LogP contribution in [-0.4, -0.2) is 35.6 Å². The first kappa shape index (κ1) is 14.1. The van der Waals surface area contributed by atoms with Crippen molar-refractivity contribution in [3.05, 3.63) is 45.6 Å². The highest BCUT2D eigenvalue weighted by Gasteiger charge is 2.48. The van der Waals surface area contributed by atoms with Crippen molar-refractivity contribution in [2.45, 2.75) is 18.9 Å². The molecular formula is C16H14Cl2N2O2. The lowest BCUT2D eigenvalue weighted by atomic mass is 9.92. The van der Waals surface area contributed by atoms with E-state index >= 15 is 0 Å². The molecule has 0 spiro atoms. The number of carbonyl (C=O) groups excluding carboxylic acids is 1. The van der Waals surface area contributed by atoms with Gasteiger partial charge >= 0.3 is 0 Å². The van der Waals surface area contributed by atoms with Crippen molar-refractivity contribution in [2.75, 3.05) is 13.1 Å². The van der Waals surface area contributed by atoms with Crippen molar-refractivity contribution in [3.8, 4) is 0 Å².